The van der Waals surface area contributed by atoms with Crippen LogP contribution in [0.1, 0.15) is 19.8 Å². The molecule has 0 unspecified atom stereocenters. The highest BCUT2D eigenvalue weighted by Gasteiger charge is 2.50. The number of ketones is 1. The van der Waals surface area contributed by atoms with Crippen LogP contribution >= 0.6 is 15.9 Å². The molecule has 0 bridgehead atoms. The molecule has 0 aliphatic heterocycles. The van der Waals surface area contributed by atoms with Gasteiger partial charge in [0.2, 0.25) is 0 Å². The predicted octanol–water partition coefficient (Wildman–Crippen LogP) is 1.00. The molecule has 7 nitrogen and oxygen atoms in total. The van der Waals surface area contributed by atoms with E-state index in [2.05, 4.69) is 15.9 Å². The van der Waals surface area contributed by atoms with Crippen LogP contribution in [0.25, 0.3) is 0 Å². The number of Topliss-reactive ketones (excluding diaryl/α,β-unsaturated/α-hetero) is 1. The van der Waals surface area contributed by atoms with Gasteiger partial charge in [-0.3, -0.25) is 25.0 Å². The van der Waals surface area contributed by atoms with E-state index in [-0.39, 0.29) is 17.5 Å². The topological polar surface area (TPSA) is 103 Å². The number of rotatable bonds is 6. The van der Waals surface area contributed by atoms with Crippen molar-refractivity contribution in [3.63, 3.8) is 0 Å². The van der Waals surface area contributed by atoms with Crippen molar-refractivity contribution in [1.82, 2.24) is 0 Å². The van der Waals surface area contributed by atoms with E-state index < -0.39 is 21.9 Å². The second-order valence-electron chi connectivity index (χ2n) is 2.90. The maximum atomic E-state index is 10.8. The number of halogens is 1. The van der Waals surface area contributed by atoms with E-state index in [1.807, 2.05) is 0 Å². The number of carbonyl (C=O) groups is 1. The molecular weight excluding hydrogens is 260 g/mol. The SMILES string of the molecule is CC(CCC(=O)CBr)([N+](=O)[O-])[N+](=O)[O-]. The van der Waals surface area contributed by atoms with Crippen LogP contribution in [0.4, 0.5) is 0 Å². The summed E-state index contributed by atoms with van der Waals surface area (Å²) in [5, 5.41) is 20.9. The van der Waals surface area contributed by atoms with Crippen molar-refractivity contribution < 1.29 is 14.6 Å². The van der Waals surface area contributed by atoms with E-state index in [1.54, 1.807) is 0 Å². The van der Waals surface area contributed by atoms with Gasteiger partial charge in [-0.1, -0.05) is 15.9 Å². The maximum absolute atomic E-state index is 10.8. The van der Waals surface area contributed by atoms with Crippen molar-refractivity contribution in [3.05, 3.63) is 20.2 Å². The van der Waals surface area contributed by atoms with Gasteiger partial charge in [-0.25, -0.2) is 0 Å². The lowest BCUT2D eigenvalue weighted by Crippen LogP contribution is -2.43. The lowest BCUT2D eigenvalue weighted by Gasteiger charge is -2.11. The standard InChI is InChI=1S/C6H9BrN2O5/c1-6(8(11)12,9(13)14)3-2-5(10)4-7/h2-4H2,1H3. The van der Waals surface area contributed by atoms with Gasteiger partial charge in [0.05, 0.1) is 28.5 Å². The van der Waals surface area contributed by atoms with E-state index in [0.717, 1.165) is 6.92 Å². The zero-order chi connectivity index (χ0) is 11.4. The molecule has 0 aromatic heterocycles. The van der Waals surface area contributed by atoms with Gasteiger partial charge in [0.1, 0.15) is 5.78 Å². The van der Waals surface area contributed by atoms with Gasteiger partial charge in [0, 0.05) is 6.42 Å². The van der Waals surface area contributed by atoms with Crippen LogP contribution in [-0.2, 0) is 4.79 Å². The molecule has 0 atom stereocenters. The molecule has 0 amide bonds. The Morgan fingerprint density at radius 1 is 1.36 bits per heavy atom. The molecule has 0 aliphatic rings. The minimum atomic E-state index is -2.27. The molecule has 14 heavy (non-hydrogen) atoms. The summed E-state index contributed by atoms with van der Waals surface area (Å²) in [5.41, 5.74) is -2.27. The highest BCUT2D eigenvalue weighted by molar-refractivity contribution is 9.09. The Balaban J connectivity index is 4.47. The van der Waals surface area contributed by atoms with Gasteiger partial charge < -0.3 is 0 Å². The van der Waals surface area contributed by atoms with Crippen molar-refractivity contribution in [2.24, 2.45) is 0 Å². The number of hydrogen-bond acceptors (Lipinski definition) is 5. The number of hydrogen-bond donors (Lipinski definition) is 0. The van der Waals surface area contributed by atoms with Gasteiger partial charge >= 0.3 is 5.66 Å². The first-order valence-electron chi connectivity index (χ1n) is 3.71. The third-order valence-electron chi connectivity index (χ3n) is 1.81. The molecule has 80 valence electrons. The molecule has 8 heteroatoms. The summed E-state index contributed by atoms with van der Waals surface area (Å²) in [6.07, 6.45) is -0.568. The zero-order valence-electron chi connectivity index (χ0n) is 7.43. The fraction of sp³-hybridized carbons (Fsp3) is 0.833. The summed E-state index contributed by atoms with van der Waals surface area (Å²) in [7, 11) is 0. The molecule has 0 radical (unpaired) electrons. The monoisotopic (exact) mass is 268 g/mol. The molecule has 0 saturated carbocycles. The lowest BCUT2D eigenvalue weighted by atomic mass is 10.1. The Morgan fingerprint density at radius 3 is 2.07 bits per heavy atom. The summed E-state index contributed by atoms with van der Waals surface area (Å²) in [4.78, 5) is 29.7. The predicted molar refractivity (Wildman–Crippen MR) is 50.4 cm³/mol. The highest BCUT2D eigenvalue weighted by atomic mass is 79.9. The molecular formula is C6H9BrN2O5. The van der Waals surface area contributed by atoms with Crippen LogP contribution in [0.15, 0.2) is 0 Å². The van der Waals surface area contributed by atoms with Gasteiger partial charge in [-0.05, 0) is 0 Å². The van der Waals surface area contributed by atoms with E-state index >= 15 is 0 Å². The van der Waals surface area contributed by atoms with E-state index in [1.165, 1.54) is 0 Å². The van der Waals surface area contributed by atoms with E-state index in [9.17, 15) is 25.0 Å². The highest BCUT2D eigenvalue weighted by Crippen LogP contribution is 2.17. The fourth-order valence-corrected chi connectivity index (χ4v) is 0.973. The molecule has 0 aliphatic carbocycles. The van der Waals surface area contributed by atoms with Crippen molar-refractivity contribution in [3.8, 4) is 0 Å². The summed E-state index contributed by atoms with van der Waals surface area (Å²) in [6.45, 7) is 0.897. The minimum absolute atomic E-state index is 0.0541. The van der Waals surface area contributed by atoms with Crippen molar-refractivity contribution >= 4 is 21.7 Å². The average Bonchev–Trinajstić information content (AvgIpc) is 2.12. The van der Waals surface area contributed by atoms with E-state index in [0.29, 0.717) is 0 Å². The van der Waals surface area contributed by atoms with Crippen LogP contribution in [-0.4, -0.2) is 26.6 Å². The lowest BCUT2D eigenvalue weighted by molar-refractivity contribution is -0.792. The van der Waals surface area contributed by atoms with Crippen LogP contribution in [0.5, 0.6) is 0 Å². The number of nitro groups is 2. The quantitative estimate of drug-likeness (QED) is 0.309. The zero-order valence-corrected chi connectivity index (χ0v) is 9.02. The summed E-state index contributed by atoms with van der Waals surface area (Å²) in [5.74, 6) is -0.292. The molecule has 0 rings (SSSR count). The summed E-state index contributed by atoms with van der Waals surface area (Å²) < 4.78 is 0. The normalized spacial score (nSPS) is 11.0. The van der Waals surface area contributed by atoms with Crippen LogP contribution in [0, 0.1) is 20.2 Å². The average molecular weight is 269 g/mol. The third kappa shape index (κ3) is 3.02. The second kappa shape index (κ2) is 4.99. The molecule has 0 N–H and O–H groups in total. The minimum Gasteiger partial charge on any atom is -0.299 e. The summed E-state index contributed by atoms with van der Waals surface area (Å²) >= 11 is 2.87. The summed E-state index contributed by atoms with van der Waals surface area (Å²) in [6, 6.07) is 0. The third-order valence-corrected chi connectivity index (χ3v) is 2.44. The van der Waals surface area contributed by atoms with Gasteiger partial charge in [0.15, 0.2) is 0 Å². The van der Waals surface area contributed by atoms with Gasteiger partial charge in [-0.15, -0.1) is 0 Å². The van der Waals surface area contributed by atoms with Crippen LogP contribution in [0.3, 0.4) is 0 Å². The molecule has 0 aromatic carbocycles. The first kappa shape index (κ1) is 12.9. The first-order valence-corrected chi connectivity index (χ1v) is 4.83. The number of alkyl halides is 1. The van der Waals surface area contributed by atoms with Crippen molar-refractivity contribution in [2.45, 2.75) is 25.4 Å². The van der Waals surface area contributed by atoms with Crippen LogP contribution in [0.2, 0.25) is 0 Å². The Labute approximate surface area is 87.9 Å². The Hall–Kier alpha value is -1.05. The van der Waals surface area contributed by atoms with E-state index in [4.69, 9.17) is 0 Å². The van der Waals surface area contributed by atoms with Gasteiger partial charge in [-0.2, -0.15) is 0 Å². The second-order valence-corrected chi connectivity index (χ2v) is 3.46. The Bertz CT molecular complexity index is 253. The molecule has 0 aromatic rings. The molecule has 0 heterocycles. The Kier molecular flexibility index (Phi) is 4.61. The molecule has 0 spiro atoms. The number of carbonyl (C=O) groups excluding carboxylic acids is 1. The maximum Gasteiger partial charge on any atom is 0.456 e. The van der Waals surface area contributed by atoms with Crippen molar-refractivity contribution in [2.75, 3.05) is 5.33 Å². The van der Waals surface area contributed by atoms with Crippen molar-refractivity contribution in [1.29, 1.82) is 0 Å². The van der Waals surface area contributed by atoms with Gasteiger partial charge in [0.25, 0.3) is 0 Å². The van der Waals surface area contributed by atoms with Crippen LogP contribution < -0.4 is 0 Å². The molecule has 0 fully saturated rings. The Morgan fingerprint density at radius 2 is 1.79 bits per heavy atom. The smallest absolute Gasteiger partial charge is 0.299 e. The first-order chi connectivity index (χ1) is 6.34. The molecule has 0 saturated heterocycles. The fourth-order valence-electron chi connectivity index (χ4n) is 0.692. The number of nitrogens with zero attached hydrogens (tertiary/aromatic N) is 2. The largest absolute Gasteiger partial charge is 0.456 e.